The van der Waals surface area contributed by atoms with Crippen molar-refractivity contribution in [3.63, 3.8) is 0 Å². The molecule has 1 aromatic heterocycles. The van der Waals surface area contributed by atoms with Crippen LogP contribution in [0.1, 0.15) is 12.8 Å². The van der Waals surface area contributed by atoms with E-state index in [4.69, 9.17) is 16.3 Å². The molecule has 0 unspecified atom stereocenters. The molecule has 3 nitrogen and oxygen atoms in total. The van der Waals surface area contributed by atoms with Gasteiger partial charge < -0.3 is 9.64 Å². The minimum atomic E-state index is 0.389. The molecule has 15 heavy (non-hydrogen) atoms. The summed E-state index contributed by atoms with van der Waals surface area (Å²) in [6.45, 7) is 2.75. The summed E-state index contributed by atoms with van der Waals surface area (Å²) in [6, 6.07) is 0. The predicted octanol–water partition coefficient (Wildman–Crippen LogP) is 2.37. The van der Waals surface area contributed by atoms with Crippen LogP contribution < -0.4 is 4.90 Å². The lowest BCUT2D eigenvalue weighted by molar-refractivity contribution is 0.0472. The fourth-order valence-corrected chi connectivity index (χ4v) is 2.58. The Bertz CT molecular complexity index is 273. The molecular formula is C10H15ClN2OS. The van der Waals surface area contributed by atoms with Crippen LogP contribution >= 0.6 is 22.9 Å². The van der Waals surface area contributed by atoms with Crippen molar-refractivity contribution in [2.24, 2.45) is 0 Å². The molecule has 0 aromatic carbocycles. The quantitative estimate of drug-likeness (QED) is 0.763. The zero-order chi connectivity index (χ0) is 10.5. The molecule has 1 aliphatic rings. The average molecular weight is 247 g/mol. The SMILES string of the molecule is ClCCOC1CCN(c2nccs2)CC1. The summed E-state index contributed by atoms with van der Waals surface area (Å²) < 4.78 is 5.62. The fraction of sp³-hybridized carbons (Fsp3) is 0.700. The third-order valence-corrected chi connectivity index (χ3v) is 3.55. The highest BCUT2D eigenvalue weighted by Crippen LogP contribution is 2.22. The van der Waals surface area contributed by atoms with Crippen LogP contribution in [0.4, 0.5) is 5.13 Å². The second-order valence-electron chi connectivity index (χ2n) is 3.56. The van der Waals surface area contributed by atoms with E-state index in [1.807, 2.05) is 11.6 Å². The summed E-state index contributed by atoms with van der Waals surface area (Å²) in [5.41, 5.74) is 0. The summed E-state index contributed by atoms with van der Waals surface area (Å²) in [7, 11) is 0. The maximum Gasteiger partial charge on any atom is 0.185 e. The van der Waals surface area contributed by atoms with Gasteiger partial charge in [-0.2, -0.15) is 0 Å². The number of anilines is 1. The van der Waals surface area contributed by atoms with Crippen molar-refractivity contribution in [1.82, 2.24) is 4.98 Å². The molecule has 1 saturated heterocycles. The second-order valence-corrected chi connectivity index (χ2v) is 4.81. The Morgan fingerprint density at radius 1 is 1.53 bits per heavy atom. The summed E-state index contributed by atoms with van der Waals surface area (Å²) in [5.74, 6) is 0.590. The van der Waals surface area contributed by atoms with E-state index < -0.39 is 0 Å². The fourth-order valence-electron chi connectivity index (χ4n) is 1.80. The zero-order valence-corrected chi connectivity index (χ0v) is 10.1. The Balaban J connectivity index is 1.77. The van der Waals surface area contributed by atoms with Crippen LogP contribution in [0.15, 0.2) is 11.6 Å². The molecular weight excluding hydrogens is 232 g/mol. The van der Waals surface area contributed by atoms with Gasteiger partial charge in [0.2, 0.25) is 0 Å². The molecule has 0 amide bonds. The maximum absolute atomic E-state index is 5.62. The van der Waals surface area contributed by atoms with Crippen molar-refractivity contribution < 1.29 is 4.74 Å². The lowest BCUT2D eigenvalue weighted by Gasteiger charge is -2.31. The molecule has 1 fully saturated rings. The first kappa shape index (κ1) is 11.2. The monoisotopic (exact) mass is 246 g/mol. The van der Waals surface area contributed by atoms with E-state index in [2.05, 4.69) is 9.88 Å². The number of rotatable bonds is 4. The molecule has 2 heterocycles. The molecule has 0 bridgehead atoms. The molecule has 1 aromatic rings. The predicted molar refractivity (Wildman–Crippen MR) is 64.0 cm³/mol. The maximum atomic E-state index is 5.62. The summed E-state index contributed by atoms with van der Waals surface area (Å²) in [5, 5.41) is 3.15. The standard InChI is InChI=1S/C10H15ClN2OS/c11-3-7-14-9-1-5-13(6-2-9)10-12-4-8-15-10/h4,8-9H,1-3,5-7H2. The van der Waals surface area contributed by atoms with Crippen molar-refractivity contribution >= 4 is 28.1 Å². The Morgan fingerprint density at radius 3 is 2.93 bits per heavy atom. The van der Waals surface area contributed by atoms with E-state index in [0.29, 0.717) is 18.6 Å². The second kappa shape index (κ2) is 5.68. The third-order valence-electron chi connectivity index (χ3n) is 2.56. The first-order valence-electron chi connectivity index (χ1n) is 5.22. The number of halogens is 1. The molecule has 1 aliphatic heterocycles. The van der Waals surface area contributed by atoms with Gasteiger partial charge in [-0.1, -0.05) is 0 Å². The van der Waals surface area contributed by atoms with Crippen molar-refractivity contribution in [1.29, 1.82) is 0 Å². The Hall–Kier alpha value is -0.320. The number of hydrogen-bond acceptors (Lipinski definition) is 4. The number of alkyl halides is 1. The van der Waals surface area contributed by atoms with Crippen LogP contribution in [0, 0.1) is 0 Å². The third kappa shape index (κ3) is 3.06. The van der Waals surface area contributed by atoms with E-state index in [9.17, 15) is 0 Å². The molecule has 84 valence electrons. The molecule has 0 atom stereocenters. The van der Waals surface area contributed by atoms with Crippen LogP contribution in [-0.2, 0) is 4.74 Å². The summed E-state index contributed by atoms with van der Waals surface area (Å²) in [6.07, 6.45) is 4.41. The zero-order valence-electron chi connectivity index (χ0n) is 8.56. The molecule has 0 radical (unpaired) electrons. The Kier molecular flexibility index (Phi) is 4.23. The number of thiazole rings is 1. The van der Waals surface area contributed by atoms with Crippen LogP contribution in [0.25, 0.3) is 0 Å². The smallest absolute Gasteiger partial charge is 0.185 e. The van der Waals surface area contributed by atoms with Crippen LogP contribution in [0.5, 0.6) is 0 Å². The minimum Gasteiger partial charge on any atom is -0.377 e. The molecule has 2 rings (SSSR count). The van der Waals surface area contributed by atoms with Gasteiger partial charge in [0.15, 0.2) is 5.13 Å². The first-order valence-corrected chi connectivity index (χ1v) is 6.63. The van der Waals surface area contributed by atoms with Crippen LogP contribution in [-0.4, -0.2) is 36.7 Å². The summed E-state index contributed by atoms with van der Waals surface area (Å²) >= 11 is 7.29. The lowest BCUT2D eigenvalue weighted by atomic mass is 10.1. The van der Waals surface area contributed by atoms with Crippen molar-refractivity contribution in [2.45, 2.75) is 18.9 Å². The molecule has 0 N–H and O–H groups in total. The number of ether oxygens (including phenoxy) is 1. The summed E-state index contributed by atoms with van der Waals surface area (Å²) in [4.78, 5) is 6.63. The minimum absolute atomic E-state index is 0.389. The number of aromatic nitrogens is 1. The van der Waals surface area contributed by atoms with Gasteiger partial charge in [-0.3, -0.25) is 0 Å². The van der Waals surface area contributed by atoms with Gasteiger partial charge in [0.05, 0.1) is 12.7 Å². The van der Waals surface area contributed by atoms with Gasteiger partial charge in [0, 0.05) is 30.5 Å². The molecule has 5 heteroatoms. The highest BCUT2D eigenvalue weighted by atomic mass is 35.5. The molecule has 0 aliphatic carbocycles. The Labute approximate surface area is 99.0 Å². The van der Waals surface area contributed by atoms with E-state index >= 15 is 0 Å². The molecule has 0 saturated carbocycles. The van der Waals surface area contributed by atoms with Crippen LogP contribution in [0.3, 0.4) is 0 Å². The van der Waals surface area contributed by atoms with Gasteiger partial charge >= 0.3 is 0 Å². The Morgan fingerprint density at radius 2 is 2.33 bits per heavy atom. The molecule has 0 spiro atoms. The van der Waals surface area contributed by atoms with Gasteiger partial charge in [0.25, 0.3) is 0 Å². The van der Waals surface area contributed by atoms with Crippen molar-refractivity contribution in [3.05, 3.63) is 11.6 Å². The van der Waals surface area contributed by atoms with Gasteiger partial charge in [-0.05, 0) is 12.8 Å². The highest BCUT2D eigenvalue weighted by molar-refractivity contribution is 7.13. The largest absolute Gasteiger partial charge is 0.377 e. The van der Waals surface area contributed by atoms with E-state index in [1.54, 1.807) is 11.3 Å². The highest BCUT2D eigenvalue weighted by Gasteiger charge is 2.20. The first-order chi connectivity index (χ1) is 7.40. The van der Waals surface area contributed by atoms with Crippen molar-refractivity contribution in [2.75, 3.05) is 30.5 Å². The van der Waals surface area contributed by atoms with Gasteiger partial charge in [-0.25, -0.2) is 4.98 Å². The topological polar surface area (TPSA) is 25.4 Å². The van der Waals surface area contributed by atoms with Crippen molar-refractivity contribution in [3.8, 4) is 0 Å². The van der Waals surface area contributed by atoms with Gasteiger partial charge in [0.1, 0.15) is 0 Å². The van der Waals surface area contributed by atoms with E-state index in [0.717, 1.165) is 31.1 Å². The van der Waals surface area contributed by atoms with Crippen LogP contribution in [0.2, 0.25) is 0 Å². The van der Waals surface area contributed by atoms with E-state index in [1.165, 1.54) is 0 Å². The lowest BCUT2D eigenvalue weighted by Crippen LogP contribution is -2.37. The average Bonchev–Trinajstić information content (AvgIpc) is 2.80. The normalized spacial score (nSPS) is 18.3. The van der Waals surface area contributed by atoms with Gasteiger partial charge in [-0.15, -0.1) is 22.9 Å². The number of hydrogen-bond donors (Lipinski definition) is 0. The van der Waals surface area contributed by atoms with E-state index in [-0.39, 0.29) is 0 Å². The number of piperidine rings is 1. The number of nitrogens with zero attached hydrogens (tertiary/aromatic N) is 2.